The second kappa shape index (κ2) is 3.45. The van der Waals surface area contributed by atoms with E-state index in [1.54, 1.807) is 5.38 Å². The van der Waals surface area contributed by atoms with Crippen molar-refractivity contribution >= 4 is 35.0 Å². The average molecular weight is 246 g/mol. The highest BCUT2D eigenvalue weighted by Crippen LogP contribution is 2.36. The Morgan fingerprint density at radius 1 is 1.27 bits per heavy atom. The van der Waals surface area contributed by atoms with Gasteiger partial charge in [0.05, 0.1) is 11.2 Å². The Morgan fingerprint density at radius 3 is 2.20 bits per heavy atom. The molecular weight excluding hydrogens is 232 g/mol. The zero-order chi connectivity index (χ0) is 11.3. The number of aromatic nitrogens is 1. The SMILES string of the molecule is CC1(C)OB(c2nc(Cl)cs2)OC1(C)C. The van der Waals surface area contributed by atoms with Crippen molar-refractivity contribution in [3.8, 4) is 0 Å². The highest BCUT2D eigenvalue weighted by Gasteiger charge is 2.52. The van der Waals surface area contributed by atoms with Crippen molar-refractivity contribution < 1.29 is 9.31 Å². The highest BCUT2D eigenvalue weighted by molar-refractivity contribution is 7.20. The molecular formula is C9H13BClNO2S. The Kier molecular flexibility index (Phi) is 2.62. The Labute approximate surface area is 98.9 Å². The Bertz CT molecular complexity index is 364. The molecule has 1 aromatic rings. The maximum absolute atomic E-state index is 5.83. The third kappa shape index (κ3) is 1.94. The topological polar surface area (TPSA) is 31.4 Å². The first kappa shape index (κ1) is 11.4. The van der Waals surface area contributed by atoms with Crippen LogP contribution in [-0.2, 0) is 9.31 Å². The van der Waals surface area contributed by atoms with Crippen LogP contribution < -0.4 is 4.91 Å². The van der Waals surface area contributed by atoms with Gasteiger partial charge in [0.25, 0.3) is 0 Å². The van der Waals surface area contributed by atoms with E-state index >= 15 is 0 Å². The number of nitrogens with zero attached hydrogens (tertiary/aromatic N) is 1. The summed E-state index contributed by atoms with van der Waals surface area (Å²) in [5, 5.41) is 2.27. The first-order valence-electron chi connectivity index (χ1n) is 4.78. The lowest BCUT2D eigenvalue weighted by Crippen LogP contribution is -2.41. The van der Waals surface area contributed by atoms with Crippen molar-refractivity contribution in [1.82, 2.24) is 4.98 Å². The van der Waals surface area contributed by atoms with Gasteiger partial charge in [-0.2, -0.15) is 0 Å². The molecule has 82 valence electrons. The van der Waals surface area contributed by atoms with E-state index < -0.39 is 7.12 Å². The molecule has 2 heterocycles. The van der Waals surface area contributed by atoms with Gasteiger partial charge in [-0.05, 0) is 27.7 Å². The standard InChI is InChI=1S/C9H13BClNO2S/c1-8(2)9(3,4)14-10(13-8)7-12-6(11)5-15-7/h5H,1-4H3. The molecule has 3 nitrogen and oxygen atoms in total. The fourth-order valence-electron chi connectivity index (χ4n) is 1.32. The van der Waals surface area contributed by atoms with Crippen molar-refractivity contribution in [2.75, 3.05) is 0 Å². The van der Waals surface area contributed by atoms with Gasteiger partial charge in [-0.3, -0.25) is 0 Å². The first-order valence-corrected chi connectivity index (χ1v) is 6.04. The molecule has 0 atom stereocenters. The number of halogens is 1. The van der Waals surface area contributed by atoms with Crippen LogP contribution in [0.15, 0.2) is 5.38 Å². The average Bonchev–Trinajstić information content (AvgIpc) is 2.56. The van der Waals surface area contributed by atoms with Crippen LogP contribution >= 0.6 is 22.9 Å². The van der Waals surface area contributed by atoms with Crippen LogP contribution in [0.4, 0.5) is 0 Å². The van der Waals surface area contributed by atoms with E-state index in [-0.39, 0.29) is 11.2 Å². The fraction of sp³-hybridized carbons (Fsp3) is 0.667. The van der Waals surface area contributed by atoms with E-state index in [4.69, 9.17) is 20.9 Å². The third-order valence-corrected chi connectivity index (χ3v) is 4.14. The summed E-state index contributed by atoms with van der Waals surface area (Å²) in [5.41, 5.74) is -0.647. The van der Waals surface area contributed by atoms with Gasteiger partial charge in [0.15, 0.2) is 0 Å². The molecule has 1 fully saturated rings. The summed E-state index contributed by atoms with van der Waals surface area (Å²) in [7, 11) is -0.396. The summed E-state index contributed by atoms with van der Waals surface area (Å²) < 4.78 is 11.7. The summed E-state index contributed by atoms with van der Waals surface area (Å²) in [6.45, 7) is 8.06. The molecule has 6 heteroatoms. The molecule has 1 saturated heterocycles. The third-order valence-electron chi connectivity index (χ3n) is 2.95. The van der Waals surface area contributed by atoms with Crippen molar-refractivity contribution in [3.05, 3.63) is 10.5 Å². The van der Waals surface area contributed by atoms with E-state index in [2.05, 4.69) is 4.98 Å². The largest absolute Gasteiger partial charge is 0.525 e. The summed E-state index contributed by atoms with van der Waals surface area (Å²) in [5.74, 6) is 0. The molecule has 0 spiro atoms. The maximum Gasteiger partial charge on any atom is 0.525 e. The molecule has 0 saturated carbocycles. The zero-order valence-corrected chi connectivity index (χ0v) is 10.8. The van der Waals surface area contributed by atoms with Gasteiger partial charge in [0.2, 0.25) is 0 Å². The van der Waals surface area contributed by atoms with Gasteiger partial charge in [-0.25, -0.2) is 4.98 Å². The van der Waals surface area contributed by atoms with Crippen LogP contribution in [0, 0.1) is 0 Å². The lowest BCUT2D eigenvalue weighted by molar-refractivity contribution is 0.00578. The molecule has 0 amide bonds. The van der Waals surface area contributed by atoms with Crippen LogP contribution in [0.2, 0.25) is 5.15 Å². The van der Waals surface area contributed by atoms with Crippen LogP contribution in [0.25, 0.3) is 0 Å². The second-order valence-electron chi connectivity index (χ2n) is 4.60. The van der Waals surface area contributed by atoms with Gasteiger partial charge < -0.3 is 9.31 Å². The summed E-state index contributed by atoms with van der Waals surface area (Å²) >= 11 is 7.22. The lowest BCUT2D eigenvalue weighted by atomic mass is 9.90. The molecule has 0 radical (unpaired) electrons. The molecule has 1 aliphatic heterocycles. The quantitative estimate of drug-likeness (QED) is 0.710. The first-order chi connectivity index (χ1) is 6.82. The summed E-state index contributed by atoms with van der Waals surface area (Å²) in [6.07, 6.45) is 0. The normalized spacial score (nSPS) is 23.4. The van der Waals surface area contributed by atoms with E-state index in [0.717, 1.165) is 4.91 Å². The minimum Gasteiger partial charge on any atom is -0.398 e. The zero-order valence-electron chi connectivity index (χ0n) is 9.20. The smallest absolute Gasteiger partial charge is 0.398 e. The van der Waals surface area contributed by atoms with Gasteiger partial charge in [-0.1, -0.05) is 11.6 Å². The predicted octanol–water partition coefficient (Wildman–Crippen LogP) is 2.10. The Morgan fingerprint density at radius 2 is 1.80 bits per heavy atom. The summed E-state index contributed by atoms with van der Waals surface area (Å²) in [6, 6.07) is 0. The molecule has 0 bridgehead atoms. The lowest BCUT2D eigenvalue weighted by Gasteiger charge is -2.32. The van der Waals surface area contributed by atoms with E-state index in [1.807, 2.05) is 27.7 Å². The monoisotopic (exact) mass is 245 g/mol. The van der Waals surface area contributed by atoms with Crippen LogP contribution in [-0.4, -0.2) is 23.3 Å². The molecule has 1 aromatic heterocycles. The van der Waals surface area contributed by atoms with Crippen LogP contribution in [0.1, 0.15) is 27.7 Å². The fourth-order valence-corrected chi connectivity index (χ4v) is 2.22. The molecule has 0 N–H and O–H groups in total. The number of hydrogen-bond acceptors (Lipinski definition) is 4. The van der Waals surface area contributed by atoms with Gasteiger partial charge in [-0.15, -0.1) is 11.3 Å². The molecule has 0 aromatic carbocycles. The van der Waals surface area contributed by atoms with Crippen LogP contribution in [0.3, 0.4) is 0 Å². The van der Waals surface area contributed by atoms with E-state index in [0.29, 0.717) is 5.15 Å². The van der Waals surface area contributed by atoms with E-state index in [9.17, 15) is 0 Å². The highest BCUT2D eigenvalue weighted by atomic mass is 35.5. The van der Waals surface area contributed by atoms with Gasteiger partial charge in [0, 0.05) is 5.38 Å². The van der Waals surface area contributed by atoms with Gasteiger partial charge in [0.1, 0.15) is 10.1 Å². The summed E-state index contributed by atoms with van der Waals surface area (Å²) in [4.78, 5) is 4.93. The molecule has 0 unspecified atom stereocenters. The minimum atomic E-state index is -0.396. The maximum atomic E-state index is 5.83. The molecule has 0 aliphatic carbocycles. The van der Waals surface area contributed by atoms with Crippen molar-refractivity contribution in [2.45, 2.75) is 38.9 Å². The minimum absolute atomic E-state index is 0.324. The van der Waals surface area contributed by atoms with Crippen molar-refractivity contribution in [3.63, 3.8) is 0 Å². The van der Waals surface area contributed by atoms with Gasteiger partial charge >= 0.3 is 7.12 Å². The molecule has 15 heavy (non-hydrogen) atoms. The van der Waals surface area contributed by atoms with Crippen LogP contribution in [0.5, 0.6) is 0 Å². The Hall–Kier alpha value is -0.0951. The second-order valence-corrected chi connectivity index (χ2v) is 5.87. The van der Waals surface area contributed by atoms with E-state index in [1.165, 1.54) is 11.3 Å². The predicted molar refractivity (Wildman–Crippen MR) is 62.8 cm³/mol. The molecule has 1 aliphatic rings. The van der Waals surface area contributed by atoms with Crippen molar-refractivity contribution in [1.29, 1.82) is 0 Å². The Balaban J connectivity index is 2.23. The number of hydrogen-bond donors (Lipinski definition) is 0. The molecule has 2 rings (SSSR count). The number of rotatable bonds is 1. The number of thiazole rings is 1. The van der Waals surface area contributed by atoms with Crippen molar-refractivity contribution in [2.24, 2.45) is 0 Å².